The van der Waals surface area contributed by atoms with Gasteiger partial charge in [-0.1, -0.05) is 30.3 Å². The lowest BCUT2D eigenvalue weighted by Crippen LogP contribution is -2.68. The predicted molar refractivity (Wildman–Crippen MR) is 111 cm³/mol. The number of piperidine rings is 1. The number of benzene rings is 1. The molecule has 2 aliphatic heterocycles. The van der Waals surface area contributed by atoms with E-state index in [1.54, 1.807) is 26.0 Å². The molecule has 2 heterocycles. The van der Waals surface area contributed by atoms with Gasteiger partial charge < -0.3 is 15.1 Å². The molecule has 0 radical (unpaired) electrons. The maximum absolute atomic E-state index is 13.1. The summed E-state index contributed by atoms with van der Waals surface area (Å²) in [6, 6.07) is 9.28. The largest absolute Gasteiger partial charge is 0.348 e. The number of likely N-dealkylation sites (tertiary alicyclic amines) is 1. The van der Waals surface area contributed by atoms with Crippen molar-refractivity contribution < 1.29 is 18.0 Å². The van der Waals surface area contributed by atoms with Gasteiger partial charge in [-0.05, 0) is 24.8 Å². The van der Waals surface area contributed by atoms with Crippen LogP contribution in [0, 0.1) is 5.41 Å². The van der Waals surface area contributed by atoms with Gasteiger partial charge in [-0.15, -0.1) is 0 Å². The van der Waals surface area contributed by atoms with E-state index in [1.165, 1.54) is 9.21 Å². The third kappa shape index (κ3) is 4.25. The lowest BCUT2D eigenvalue weighted by atomic mass is 9.72. The molecule has 160 valence electrons. The van der Waals surface area contributed by atoms with Crippen LogP contribution < -0.4 is 5.32 Å². The van der Waals surface area contributed by atoms with Crippen LogP contribution >= 0.6 is 0 Å². The van der Waals surface area contributed by atoms with E-state index in [4.69, 9.17) is 0 Å². The Morgan fingerprint density at radius 3 is 2.59 bits per heavy atom. The molecule has 0 aliphatic carbocycles. The summed E-state index contributed by atoms with van der Waals surface area (Å²) in [6.45, 7) is 1.15. The number of amides is 3. The molecule has 0 unspecified atom stereocenters. The minimum absolute atomic E-state index is 0.0803. The Morgan fingerprint density at radius 1 is 1.24 bits per heavy atom. The summed E-state index contributed by atoms with van der Waals surface area (Å²) in [6.07, 6.45) is 1.41. The maximum atomic E-state index is 13.1. The van der Waals surface area contributed by atoms with E-state index < -0.39 is 21.5 Å². The third-order valence-electron chi connectivity index (χ3n) is 6.12. The Kier molecular flexibility index (Phi) is 6.19. The summed E-state index contributed by atoms with van der Waals surface area (Å²) < 4.78 is 26.1. The summed E-state index contributed by atoms with van der Waals surface area (Å²) in [5.74, 6) is -0.200. The first-order chi connectivity index (χ1) is 13.7. The van der Waals surface area contributed by atoms with Gasteiger partial charge >= 0.3 is 6.03 Å². The van der Waals surface area contributed by atoms with Crippen LogP contribution in [-0.2, 0) is 21.2 Å². The molecule has 1 aromatic rings. The summed E-state index contributed by atoms with van der Waals surface area (Å²) in [5.41, 5.74) is 0.239. The zero-order chi connectivity index (χ0) is 21.2. The van der Waals surface area contributed by atoms with Crippen molar-refractivity contribution in [1.82, 2.24) is 19.4 Å². The molecule has 9 heteroatoms. The van der Waals surface area contributed by atoms with Crippen LogP contribution in [0.2, 0.25) is 0 Å². The van der Waals surface area contributed by atoms with E-state index in [1.807, 2.05) is 30.3 Å². The second kappa shape index (κ2) is 8.31. The van der Waals surface area contributed by atoms with Gasteiger partial charge in [-0.25, -0.2) is 17.5 Å². The fourth-order valence-electron chi connectivity index (χ4n) is 4.51. The molecule has 2 atom stereocenters. The Hall–Kier alpha value is -2.13. The van der Waals surface area contributed by atoms with Gasteiger partial charge in [-0.3, -0.25) is 4.79 Å². The zero-order valence-electron chi connectivity index (χ0n) is 17.3. The molecule has 3 rings (SSSR count). The molecule has 8 nitrogen and oxygen atoms in total. The first-order valence-corrected chi connectivity index (χ1v) is 11.5. The molecule has 1 aromatic carbocycles. The van der Waals surface area contributed by atoms with Crippen molar-refractivity contribution in [3.05, 3.63) is 35.9 Å². The Balaban J connectivity index is 1.72. The summed E-state index contributed by atoms with van der Waals surface area (Å²) in [7, 11) is 1.53. The quantitative estimate of drug-likeness (QED) is 0.776. The van der Waals surface area contributed by atoms with Crippen molar-refractivity contribution >= 4 is 22.0 Å². The van der Waals surface area contributed by atoms with Crippen LogP contribution in [0.3, 0.4) is 0 Å². The highest BCUT2D eigenvalue weighted by Crippen LogP contribution is 2.43. The van der Waals surface area contributed by atoms with Gasteiger partial charge in [0.1, 0.15) is 0 Å². The topological polar surface area (TPSA) is 90.0 Å². The first-order valence-electron chi connectivity index (χ1n) is 9.91. The number of urea groups is 1. The predicted octanol–water partition coefficient (Wildman–Crippen LogP) is 0.753. The van der Waals surface area contributed by atoms with Crippen LogP contribution in [0.25, 0.3) is 0 Å². The number of carbonyl (C=O) groups excluding carboxylic acids is 2. The smallest absolute Gasteiger partial charge is 0.317 e. The van der Waals surface area contributed by atoms with Gasteiger partial charge in [0.15, 0.2) is 0 Å². The van der Waals surface area contributed by atoms with E-state index in [9.17, 15) is 18.0 Å². The first kappa shape index (κ1) is 21.6. The number of carbonyl (C=O) groups is 2. The number of nitrogens with one attached hydrogen (secondary N) is 1. The third-order valence-corrected chi connectivity index (χ3v) is 7.97. The molecule has 3 amide bonds. The number of rotatable bonds is 4. The molecule has 29 heavy (non-hydrogen) atoms. The molecule has 2 aliphatic rings. The lowest BCUT2D eigenvalue weighted by Gasteiger charge is -2.53. The molecule has 2 saturated heterocycles. The van der Waals surface area contributed by atoms with Crippen molar-refractivity contribution in [2.45, 2.75) is 25.3 Å². The zero-order valence-corrected chi connectivity index (χ0v) is 18.1. The highest BCUT2D eigenvalue weighted by Gasteiger charge is 2.57. The Labute approximate surface area is 172 Å². The SMILES string of the molecule is CN(C)C(=O)[C@]12CCS(=O)(=O)N(C)[C@@H]1CCN(C(=O)NCCc1ccccc1)C2. The van der Waals surface area contributed by atoms with E-state index in [2.05, 4.69) is 5.32 Å². The van der Waals surface area contributed by atoms with E-state index in [0.29, 0.717) is 19.5 Å². The van der Waals surface area contributed by atoms with Crippen LogP contribution in [0.5, 0.6) is 0 Å². The van der Waals surface area contributed by atoms with Crippen LogP contribution in [0.4, 0.5) is 4.79 Å². The van der Waals surface area contributed by atoms with Crippen molar-refractivity contribution in [3.8, 4) is 0 Å². The standard InChI is InChI=1S/C20H30N4O4S/c1-22(2)18(25)20-11-14-29(27,28)23(3)17(20)10-13-24(15-20)19(26)21-12-9-16-7-5-4-6-8-16/h4-8,17H,9-15H2,1-3H3,(H,21,26)/t17-,20+/m1/s1. The summed E-state index contributed by atoms with van der Waals surface area (Å²) >= 11 is 0. The van der Waals surface area contributed by atoms with Gasteiger partial charge in [0.25, 0.3) is 0 Å². The molecule has 0 bridgehead atoms. The number of hydrogen-bond acceptors (Lipinski definition) is 4. The molecule has 0 saturated carbocycles. The highest BCUT2D eigenvalue weighted by molar-refractivity contribution is 7.89. The fraction of sp³-hybridized carbons (Fsp3) is 0.600. The average molecular weight is 423 g/mol. The molecular weight excluding hydrogens is 392 g/mol. The summed E-state index contributed by atoms with van der Waals surface area (Å²) in [5, 5.41) is 2.94. The van der Waals surface area contributed by atoms with Gasteiger partial charge in [0.05, 0.1) is 11.2 Å². The minimum Gasteiger partial charge on any atom is -0.348 e. The monoisotopic (exact) mass is 422 g/mol. The van der Waals surface area contributed by atoms with E-state index in [0.717, 1.165) is 12.0 Å². The fourth-order valence-corrected chi connectivity index (χ4v) is 6.11. The van der Waals surface area contributed by atoms with Crippen LogP contribution in [0.1, 0.15) is 18.4 Å². The molecule has 0 aromatic heterocycles. The normalized spacial score (nSPS) is 26.4. The Bertz CT molecular complexity index is 858. The molecular formula is C20H30N4O4S. The Morgan fingerprint density at radius 2 is 1.93 bits per heavy atom. The molecule has 1 N–H and O–H groups in total. The van der Waals surface area contributed by atoms with Crippen molar-refractivity contribution in [2.24, 2.45) is 5.41 Å². The van der Waals surface area contributed by atoms with E-state index in [-0.39, 0.29) is 30.7 Å². The van der Waals surface area contributed by atoms with E-state index >= 15 is 0 Å². The number of nitrogens with zero attached hydrogens (tertiary/aromatic N) is 3. The molecule has 2 fully saturated rings. The average Bonchev–Trinajstić information content (AvgIpc) is 2.71. The maximum Gasteiger partial charge on any atom is 0.317 e. The minimum atomic E-state index is -3.37. The van der Waals surface area contributed by atoms with Gasteiger partial charge in [-0.2, -0.15) is 0 Å². The lowest BCUT2D eigenvalue weighted by molar-refractivity contribution is -0.147. The second-order valence-corrected chi connectivity index (χ2v) is 10.3. The van der Waals surface area contributed by atoms with Crippen molar-refractivity contribution in [3.63, 3.8) is 0 Å². The van der Waals surface area contributed by atoms with Crippen LogP contribution in [0.15, 0.2) is 30.3 Å². The second-order valence-electron chi connectivity index (χ2n) is 8.13. The molecule has 0 spiro atoms. The van der Waals surface area contributed by atoms with Crippen LogP contribution in [-0.4, -0.2) is 87.0 Å². The van der Waals surface area contributed by atoms with Crippen molar-refractivity contribution in [2.75, 3.05) is 46.5 Å². The van der Waals surface area contributed by atoms with Gasteiger partial charge in [0.2, 0.25) is 15.9 Å². The number of fused-ring (bicyclic) bond motifs is 1. The highest BCUT2D eigenvalue weighted by atomic mass is 32.2. The summed E-state index contributed by atoms with van der Waals surface area (Å²) in [4.78, 5) is 29.1. The number of sulfonamides is 1. The number of hydrogen-bond donors (Lipinski definition) is 1. The van der Waals surface area contributed by atoms with Crippen molar-refractivity contribution in [1.29, 1.82) is 0 Å². The van der Waals surface area contributed by atoms with Gasteiger partial charge in [0, 0.05) is 46.8 Å².